The van der Waals surface area contributed by atoms with Crippen LogP contribution in [-0.4, -0.2) is 48.4 Å². The maximum absolute atomic E-state index is 13.4. The zero-order valence-electron chi connectivity index (χ0n) is 18.7. The standard InChI is InChI=1S/C26H30N2O3S/c1-21-13-14-24(32-21)19-28(18-23-11-7-4-8-12-23)26(30)20-27(15-16-31-2)25(29)17-22-9-5-3-6-10-22/h3-14H,15-20H2,1-2H3. The van der Waals surface area contributed by atoms with Gasteiger partial charge < -0.3 is 14.5 Å². The molecule has 3 aromatic rings. The summed E-state index contributed by atoms with van der Waals surface area (Å²) in [5.74, 6) is -0.148. The number of thiophene rings is 1. The van der Waals surface area contributed by atoms with Crippen molar-refractivity contribution >= 4 is 23.2 Å². The number of benzene rings is 2. The van der Waals surface area contributed by atoms with Crippen LogP contribution in [-0.2, 0) is 33.8 Å². The highest BCUT2D eigenvalue weighted by Crippen LogP contribution is 2.19. The van der Waals surface area contributed by atoms with Crippen molar-refractivity contribution in [1.82, 2.24) is 9.80 Å². The molecule has 32 heavy (non-hydrogen) atoms. The Bertz CT molecular complexity index is 989. The molecule has 3 rings (SSSR count). The summed E-state index contributed by atoms with van der Waals surface area (Å²) >= 11 is 1.69. The Labute approximate surface area is 194 Å². The quantitative estimate of drug-likeness (QED) is 0.438. The second kappa shape index (κ2) is 12.2. The number of amides is 2. The van der Waals surface area contributed by atoms with Crippen LogP contribution in [0.5, 0.6) is 0 Å². The Balaban J connectivity index is 1.74. The van der Waals surface area contributed by atoms with Crippen LogP contribution >= 0.6 is 11.3 Å². The van der Waals surface area contributed by atoms with Gasteiger partial charge in [-0.05, 0) is 30.2 Å². The molecular weight excluding hydrogens is 420 g/mol. The van der Waals surface area contributed by atoms with Gasteiger partial charge in [-0.15, -0.1) is 11.3 Å². The molecule has 5 nitrogen and oxygen atoms in total. The van der Waals surface area contributed by atoms with Crippen LogP contribution in [0.25, 0.3) is 0 Å². The number of ether oxygens (including phenoxy) is 1. The lowest BCUT2D eigenvalue weighted by atomic mass is 10.1. The van der Waals surface area contributed by atoms with E-state index in [9.17, 15) is 9.59 Å². The van der Waals surface area contributed by atoms with Gasteiger partial charge in [0.05, 0.1) is 26.1 Å². The summed E-state index contributed by atoms with van der Waals surface area (Å²) in [6.07, 6.45) is 0.265. The minimum atomic E-state index is -0.0757. The number of hydrogen-bond donors (Lipinski definition) is 0. The summed E-state index contributed by atoms with van der Waals surface area (Å²) in [6, 6.07) is 23.7. The van der Waals surface area contributed by atoms with E-state index in [1.165, 1.54) is 4.88 Å². The molecule has 0 spiro atoms. The molecule has 168 valence electrons. The molecule has 1 heterocycles. The normalized spacial score (nSPS) is 10.7. The zero-order chi connectivity index (χ0) is 22.8. The van der Waals surface area contributed by atoms with Gasteiger partial charge in [0.15, 0.2) is 0 Å². The van der Waals surface area contributed by atoms with E-state index in [1.54, 1.807) is 23.3 Å². The monoisotopic (exact) mass is 450 g/mol. The summed E-state index contributed by atoms with van der Waals surface area (Å²) < 4.78 is 5.19. The second-order valence-electron chi connectivity index (χ2n) is 7.72. The third-order valence-electron chi connectivity index (χ3n) is 5.15. The van der Waals surface area contributed by atoms with E-state index in [4.69, 9.17) is 4.74 Å². The molecule has 0 aliphatic heterocycles. The van der Waals surface area contributed by atoms with Gasteiger partial charge in [-0.3, -0.25) is 9.59 Å². The van der Waals surface area contributed by atoms with Gasteiger partial charge in [0.25, 0.3) is 0 Å². The van der Waals surface area contributed by atoms with E-state index >= 15 is 0 Å². The third kappa shape index (κ3) is 7.32. The highest BCUT2D eigenvalue weighted by Gasteiger charge is 2.22. The van der Waals surface area contributed by atoms with E-state index < -0.39 is 0 Å². The van der Waals surface area contributed by atoms with Gasteiger partial charge >= 0.3 is 0 Å². The lowest BCUT2D eigenvalue weighted by molar-refractivity contribution is -0.141. The summed E-state index contributed by atoms with van der Waals surface area (Å²) in [7, 11) is 1.60. The molecule has 0 aliphatic carbocycles. The van der Waals surface area contributed by atoms with Crippen molar-refractivity contribution in [3.05, 3.63) is 93.7 Å². The van der Waals surface area contributed by atoms with Crippen molar-refractivity contribution in [2.24, 2.45) is 0 Å². The van der Waals surface area contributed by atoms with Crippen LogP contribution in [0, 0.1) is 6.92 Å². The van der Waals surface area contributed by atoms with Crippen LogP contribution < -0.4 is 0 Å². The maximum atomic E-state index is 13.4. The van der Waals surface area contributed by atoms with Gasteiger partial charge in [-0.2, -0.15) is 0 Å². The van der Waals surface area contributed by atoms with E-state index in [-0.39, 0.29) is 24.8 Å². The molecule has 0 saturated carbocycles. The average Bonchev–Trinajstić information content (AvgIpc) is 3.22. The van der Waals surface area contributed by atoms with E-state index in [2.05, 4.69) is 19.1 Å². The molecular formula is C26H30N2O3S. The van der Waals surface area contributed by atoms with Crippen LogP contribution in [0.3, 0.4) is 0 Å². The first-order chi connectivity index (χ1) is 15.5. The summed E-state index contributed by atoms with van der Waals surface area (Å²) in [5, 5.41) is 0. The number of carbonyl (C=O) groups is 2. The minimum absolute atomic E-state index is 0.0339. The molecule has 1 aromatic heterocycles. The van der Waals surface area contributed by atoms with Gasteiger partial charge in [-0.25, -0.2) is 0 Å². The Morgan fingerprint density at radius 2 is 1.47 bits per heavy atom. The van der Waals surface area contributed by atoms with Gasteiger partial charge in [0.2, 0.25) is 11.8 Å². The van der Waals surface area contributed by atoms with Crippen molar-refractivity contribution in [3.8, 4) is 0 Å². The molecule has 0 unspecified atom stereocenters. The van der Waals surface area contributed by atoms with Gasteiger partial charge in [0.1, 0.15) is 0 Å². The lowest BCUT2D eigenvalue weighted by Gasteiger charge is -2.27. The molecule has 0 atom stereocenters. The van der Waals surface area contributed by atoms with Gasteiger partial charge in [-0.1, -0.05) is 60.7 Å². The molecule has 0 fully saturated rings. The second-order valence-corrected chi connectivity index (χ2v) is 9.09. The molecule has 0 bridgehead atoms. The van der Waals surface area contributed by atoms with Crippen molar-refractivity contribution in [1.29, 1.82) is 0 Å². The number of rotatable bonds is 11. The number of nitrogens with zero attached hydrogens (tertiary/aromatic N) is 2. The van der Waals surface area contributed by atoms with Crippen LogP contribution in [0.1, 0.15) is 20.9 Å². The summed E-state index contributed by atoms with van der Waals surface area (Å²) in [4.78, 5) is 32.2. The largest absolute Gasteiger partial charge is 0.383 e. The van der Waals surface area contributed by atoms with Gasteiger partial charge in [0, 0.05) is 30.0 Å². The van der Waals surface area contributed by atoms with Crippen molar-refractivity contribution < 1.29 is 14.3 Å². The van der Waals surface area contributed by atoms with Crippen LogP contribution in [0.2, 0.25) is 0 Å². The molecule has 0 saturated heterocycles. The highest BCUT2D eigenvalue weighted by molar-refractivity contribution is 7.11. The SMILES string of the molecule is COCCN(CC(=O)N(Cc1ccccc1)Cc1ccc(C)s1)C(=O)Cc1ccccc1. The smallest absolute Gasteiger partial charge is 0.242 e. The molecule has 0 aliphatic rings. The first kappa shape index (κ1) is 23.7. The highest BCUT2D eigenvalue weighted by atomic mass is 32.1. The lowest BCUT2D eigenvalue weighted by Crippen LogP contribution is -2.44. The summed E-state index contributed by atoms with van der Waals surface area (Å²) in [5.41, 5.74) is 2.00. The molecule has 6 heteroatoms. The predicted octanol–water partition coefficient (Wildman–Crippen LogP) is 4.30. The fourth-order valence-corrected chi connectivity index (χ4v) is 4.34. The number of methoxy groups -OCH3 is 1. The molecule has 2 aromatic carbocycles. The number of carbonyl (C=O) groups excluding carboxylic acids is 2. The van der Waals surface area contributed by atoms with E-state index in [0.717, 1.165) is 16.0 Å². The molecule has 0 N–H and O–H groups in total. The fraction of sp³-hybridized carbons (Fsp3) is 0.308. The maximum Gasteiger partial charge on any atom is 0.242 e. The van der Waals surface area contributed by atoms with Crippen molar-refractivity contribution in [3.63, 3.8) is 0 Å². The minimum Gasteiger partial charge on any atom is -0.383 e. The first-order valence-electron chi connectivity index (χ1n) is 10.7. The Morgan fingerprint density at radius 3 is 2.06 bits per heavy atom. The van der Waals surface area contributed by atoms with Crippen molar-refractivity contribution in [2.75, 3.05) is 26.8 Å². The summed E-state index contributed by atoms with van der Waals surface area (Å²) in [6.45, 7) is 3.89. The fourth-order valence-electron chi connectivity index (χ4n) is 3.43. The van der Waals surface area contributed by atoms with E-state index in [0.29, 0.717) is 26.2 Å². The predicted molar refractivity (Wildman–Crippen MR) is 128 cm³/mol. The molecule has 2 amide bonds. The zero-order valence-corrected chi connectivity index (χ0v) is 19.5. The van der Waals surface area contributed by atoms with Crippen LogP contribution in [0.4, 0.5) is 0 Å². The van der Waals surface area contributed by atoms with Crippen molar-refractivity contribution in [2.45, 2.75) is 26.4 Å². The molecule has 0 radical (unpaired) electrons. The Morgan fingerprint density at radius 1 is 0.812 bits per heavy atom. The first-order valence-corrected chi connectivity index (χ1v) is 11.5. The average molecular weight is 451 g/mol. The third-order valence-corrected chi connectivity index (χ3v) is 6.14. The van der Waals surface area contributed by atoms with Crippen LogP contribution in [0.15, 0.2) is 72.8 Å². The Hall–Kier alpha value is -2.96. The number of aryl methyl sites for hydroxylation is 1. The number of hydrogen-bond acceptors (Lipinski definition) is 4. The topological polar surface area (TPSA) is 49.9 Å². The Kier molecular flexibility index (Phi) is 9.01. The van der Waals surface area contributed by atoms with E-state index in [1.807, 2.05) is 65.6 Å².